The largest absolute Gasteiger partial charge is 0.491 e. The summed E-state index contributed by atoms with van der Waals surface area (Å²) in [5.74, 6) is -1.07. The molecule has 2 N–H and O–H groups in total. The van der Waals surface area contributed by atoms with Gasteiger partial charge in [0.1, 0.15) is 36.6 Å². The van der Waals surface area contributed by atoms with Crippen LogP contribution in [0.4, 0.5) is 0 Å². The van der Waals surface area contributed by atoms with Gasteiger partial charge < -0.3 is 43.9 Å². The summed E-state index contributed by atoms with van der Waals surface area (Å²) < 4.78 is 27.9. The summed E-state index contributed by atoms with van der Waals surface area (Å²) in [6.45, 7) is 13.1. The Labute approximate surface area is 332 Å². The number of ether oxygens (including phenoxy) is 5. The Morgan fingerprint density at radius 1 is 1.00 bits per heavy atom. The number of hydrogen-bond donors (Lipinski definition) is 2. The molecule has 15 heteroatoms. The lowest BCUT2D eigenvalue weighted by atomic mass is 10.0. The van der Waals surface area contributed by atoms with Gasteiger partial charge in [-0.1, -0.05) is 44.2 Å². The summed E-state index contributed by atoms with van der Waals surface area (Å²) in [4.78, 5) is 61.4. The zero-order valence-corrected chi connectivity index (χ0v) is 33.9. The van der Waals surface area contributed by atoms with E-state index in [-0.39, 0.29) is 63.7 Å². The van der Waals surface area contributed by atoms with E-state index in [1.807, 2.05) is 51.1 Å². The molecule has 0 unspecified atom stereocenters. The van der Waals surface area contributed by atoms with E-state index in [0.717, 1.165) is 27.3 Å². The number of aromatic nitrogens is 1. The number of nitrogens with one attached hydrogen (secondary N) is 1. The number of thiazole rings is 1. The molecule has 0 radical (unpaired) electrons. The molecule has 0 spiro atoms. The maximum atomic E-state index is 14.1. The van der Waals surface area contributed by atoms with E-state index < -0.39 is 35.7 Å². The first-order valence-electron chi connectivity index (χ1n) is 19.0. The SMILES string of the molecule is Cc1ncsc1-c1ccc(CNC(=O)[C@@H]2C[C@@H](O)CN2C(=O)[C@@H](C(C)C)N2Cc3ccccc3C2=O)c(OCCOCCOCCOCC(=O)OC(C)(C)C)c1. The minimum absolute atomic E-state index is 0.000700. The van der Waals surface area contributed by atoms with Gasteiger partial charge in [0.15, 0.2) is 0 Å². The van der Waals surface area contributed by atoms with Crippen LogP contribution in [0.3, 0.4) is 0 Å². The molecule has 1 saturated heterocycles. The minimum atomic E-state index is -0.908. The third-order valence-corrected chi connectivity index (χ3v) is 10.3. The number of benzene rings is 2. The van der Waals surface area contributed by atoms with Crippen LogP contribution in [0.5, 0.6) is 5.75 Å². The molecule has 304 valence electrons. The summed E-state index contributed by atoms with van der Waals surface area (Å²) in [6.07, 6.45) is -0.790. The number of hydrogen-bond acceptors (Lipinski definition) is 12. The summed E-state index contributed by atoms with van der Waals surface area (Å²) in [5, 5.41) is 13.6. The van der Waals surface area contributed by atoms with Gasteiger partial charge >= 0.3 is 5.97 Å². The second-order valence-electron chi connectivity index (χ2n) is 15.2. The van der Waals surface area contributed by atoms with Crippen LogP contribution in [0.1, 0.15) is 68.2 Å². The molecule has 0 bridgehead atoms. The fourth-order valence-corrected chi connectivity index (χ4v) is 7.59. The van der Waals surface area contributed by atoms with Crippen molar-refractivity contribution in [2.24, 2.45) is 5.92 Å². The van der Waals surface area contributed by atoms with Crippen molar-refractivity contribution < 1.29 is 48.0 Å². The quantitative estimate of drug-likeness (QED) is 0.132. The molecule has 14 nitrogen and oxygen atoms in total. The lowest BCUT2D eigenvalue weighted by Gasteiger charge is -2.35. The van der Waals surface area contributed by atoms with E-state index in [0.29, 0.717) is 37.7 Å². The molecule has 3 aromatic rings. The molecule has 2 aliphatic heterocycles. The molecule has 2 aromatic carbocycles. The zero-order valence-electron chi connectivity index (χ0n) is 33.1. The van der Waals surface area contributed by atoms with Gasteiger partial charge in [-0.05, 0) is 56.9 Å². The number of likely N-dealkylation sites (tertiary alicyclic amines) is 1. The monoisotopic (exact) mass is 794 g/mol. The molecule has 0 saturated carbocycles. The van der Waals surface area contributed by atoms with Crippen molar-refractivity contribution in [3.63, 3.8) is 0 Å². The number of aliphatic hydroxyl groups is 1. The third kappa shape index (κ3) is 11.3. The van der Waals surface area contributed by atoms with Gasteiger partial charge in [-0.2, -0.15) is 0 Å². The predicted octanol–water partition coefficient (Wildman–Crippen LogP) is 4.15. The summed E-state index contributed by atoms with van der Waals surface area (Å²) in [6, 6.07) is 11.4. The van der Waals surface area contributed by atoms with Gasteiger partial charge in [0.2, 0.25) is 11.8 Å². The highest BCUT2D eigenvalue weighted by molar-refractivity contribution is 7.13. The van der Waals surface area contributed by atoms with Gasteiger partial charge in [-0.15, -0.1) is 11.3 Å². The summed E-state index contributed by atoms with van der Waals surface area (Å²) in [5.41, 5.74) is 5.20. The number of nitrogens with zero attached hydrogens (tertiary/aromatic N) is 3. The molecule has 56 heavy (non-hydrogen) atoms. The normalized spacial score (nSPS) is 17.3. The van der Waals surface area contributed by atoms with Crippen molar-refractivity contribution in [3.8, 4) is 16.2 Å². The number of aryl methyl sites for hydroxylation is 1. The maximum absolute atomic E-state index is 14.1. The second kappa shape index (κ2) is 19.6. The van der Waals surface area contributed by atoms with Crippen molar-refractivity contribution in [3.05, 3.63) is 70.4 Å². The average molecular weight is 795 g/mol. The molecule has 1 fully saturated rings. The highest BCUT2D eigenvalue weighted by Crippen LogP contribution is 2.33. The highest BCUT2D eigenvalue weighted by atomic mass is 32.1. The fraction of sp³-hybridized carbons (Fsp3) is 0.537. The standard InChI is InChI=1S/C41H54N4O10S/c1-26(2)36(45-22-30-9-7-8-10-32(30)39(45)49)40(50)44-23-31(46)20-33(44)38(48)42-21-29-12-11-28(37-27(3)43-25-56-37)19-34(29)54-18-17-52-14-13-51-15-16-53-24-35(47)55-41(4,5)6/h7-12,19,25-26,31,33,36,46H,13-18,20-24H2,1-6H3,(H,42,48)/t31-,33+,36-/m1/s1. The number of amides is 3. The summed E-state index contributed by atoms with van der Waals surface area (Å²) in [7, 11) is 0. The number of carbonyl (C=O) groups is 4. The summed E-state index contributed by atoms with van der Waals surface area (Å²) >= 11 is 1.52. The second-order valence-corrected chi connectivity index (χ2v) is 16.0. The molecule has 2 aliphatic rings. The van der Waals surface area contributed by atoms with Crippen LogP contribution in [0, 0.1) is 12.8 Å². The number of aliphatic hydroxyl groups excluding tert-OH is 1. The van der Waals surface area contributed by atoms with Gasteiger partial charge in [0.25, 0.3) is 5.91 Å². The Balaban J connectivity index is 1.14. The molecular weight excluding hydrogens is 741 g/mol. The van der Waals surface area contributed by atoms with Gasteiger partial charge in [0.05, 0.1) is 55.2 Å². The average Bonchev–Trinajstić information content (AvgIpc) is 3.85. The van der Waals surface area contributed by atoms with Crippen LogP contribution in [-0.4, -0.2) is 120 Å². The first-order valence-corrected chi connectivity index (χ1v) is 19.9. The van der Waals surface area contributed by atoms with Crippen LogP contribution in [0.25, 0.3) is 10.4 Å². The van der Waals surface area contributed by atoms with E-state index in [1.165, 1.54) is 16.2 Å². The van der Waals surface area contributed by atoms with Crippen LogP contribution < -0.4 is 10.1 Å². The first kappa shape index (κ1) is 42.7. The number of esters is 1. The number of β-amino-alcohol motifs (C(OH)–C–C–N with tert-alkyl or cyclic N) is 1. The Morgan fingerprint density at radius 2 is 1.70 bits per heavy atom. The van der Waals surface area contributed by atoms with Crippen LogP contribution in [0.15, 0.2) is 48.0 Å². The maximum Gasteiger partial charge on any atom is 0.332 e. The smallest absolute Gasteiger partial charge is 0.332 e. The van der Waals surface area contributed by atoms with Crippen molar-refractivity contribution in [1.82, 2.24) is 20.1 Å². The predicted molar refractivity (Wildman–Crippen MR) is 209 cm³/mol. The van der Waals surface area contributed by atoms with Gasteiger partial charge in [0, 0.05) is 37.2 Å². The first-order chi connectivity index (χ1) is 26.7. The Kier molecular flexibility index (Phi) is 15.0. The molecule has 3 amide bonds. The van der Waals surface area contributed by atoms with Crippen molar-refractivity contribution in [2.75, 3.05) is 52.8 Å². The molecule has 3 heterocycles. The van der Waals surface area contributed by atoms with E-state index in [2.05, 4.69) is 10.3 Å². The topological polar surface area (TPSA) is 166 Å². The zero-order chi connectivity index (χ0) is 40.4. The third-order valence-electron chi connectivity index (χ3n) is 9.33. The van der Waals surface area contributed by atoms with Gasteiger partial charge in [-0.25, -0.2) is 9.78 Å². The van der Waals surface area contributed by atoms with Crippen molar-refractivity contribution >= 4 is 35.0 Å². The molecule has 3 atom stereocenters. The van der Waals surface area contributed by atoms with E-state index >= 15 is 0 Å². The Hall–Kier alpha value is -4.41. The molecule has 5 rings (SSSR count). The Bertz CT molecular complexity index is 1830. The van der Waals surface area contributed by atoms with Crippen LogP contribution in [0.2, 0.25) is 0 Å². The molecule has 0 aliphatic carbocycles. The lowest BCUT2D eigenvalue weighted by Crippen LogP contribution is -2.55. The van der Waals surface area contributed by atoms with E-state index in [1.54, 1.807) is 43.3 Å². The Morgan fingerprint density at radius 3 is 2.36 bits per heavy atom. The van der Waals surface area contributed by atoms with Crippen molar-refractivity contribution in [2.45, 2.75) is 84.8 Å². The van der Waals surface area contributed by atoms with E-state index in [9.17, 15) is 24.3 Å². The number of fused-ring (bicyclic) bond motifs is 1. The number of rotatable bonds is 19. The minimum Gasteiger partial charge on any atom is -0.491 e. The highest BCUT2D eigenvalue weighted by Gasteiger charge is 2.45. The molecular formula is C41H54N4O10S. The fourth-order valence-electron chi connectivity index (χ4n) is 6.79. The van der Waals surface area contributed by atoms with Crippen molar-refractivity contribution in [1.29, 1.82) is 0 Å². The van der Waals surface area contributed by atoms with Crippen LogP contribution in [-0.2, 0) is 46.4 Å². The number of carbonyl (C=O) groups excluding carboxylic acids is 4. The van der Waals surface area contributed by atoms with E-state index in [4.69, 9.17) is 23.7 Å². The molecule has 1 aromatic heterocycles. The lowest BCUT2D eigenvalue weighted by molar-refractivity contribution is -0.160. The van der Waals surface area contributed by atoms with Crippen LogP contribution >= 0.6 is 11.3 Å². The van der Waals surface area contributed by atoms with Gasteiger partial charge in [-0.3, -0.25) is 14.4 Å².